The summed E-state index contributed by atoms with van der Waals surface area (Å²) < 4.78 is 0. The van der Waals surface area contributed by atoms with E-state index in [1.165, 1.54) is 5.56 Å². The second kappa shape index (κ2) is 4.14. The summed E-state index contributed by atoms with van der Waals surface area (Å²) in [5.74, 6) is 0. The zero-order valence-corrected chi connectivity index (χ0v) is 8.43. The molecule has 1 aliphatic heterocycles. The third-order valence-electron chi connectivity index (χ3n) is 2.56. The van der Waals surface area contributed by atoms with Gasteiger partial charge in [-0.05, 0) is 18.9 Å². The Morgan fingerprint density at radius 3 is 2.36 bits per heavy atom. The minimum absolute atomic E-state index is 0.420. The van der Waals surface area contributed by atoms with E-state index in [-0.39, 0.29) is 0 Å². The van der Waals surface area contributed by atoms with E-state index >= 15 is 0 Å². The van der Waals surface area contributed by atoms with E-state index in [9.17, 15) is 0 Å². The molecule has 0 radical (unpaired) electrons. The van der Waals surface area contributed by atoms with Crippen LogP contribution in [0.25, 0.3) is 0 Å². The predicted octanol–water partition coefficient (Wildman–Crippen LogP) is 3.48. The Labute approximate surface area is 85.4 Å². The van der Waals surface area contributed by atoms with Gasteiger partial charge in [0.2, 0.25) is 0 Å². The highest BCUT2D eigenvalue weighted by molar-refractivity contribution is 5.20. The lowest BCUT2D eigenvalue weighted by Gasteiger charge is -2.26. The molecule has 0 unspecified atom stereocenters. The van der Waals surface area contributed by atoms with Crippen LogP contribution in [-0.4, -0.2) is 4.90 Å². The van der Waals surface area contributed by atoms with Gasteiger partial charge < -0.3 is 4.90 Å². The molecule has 1 aromatic carbocycles. The summed E-state index contributed by atoms with van der Waals surface area (Å²) in [6.07, 6.45) is 9.71. The normalized spacial score (nSPS) is 17.1. The van der Waals surface area contributed by atoms with Crippen molar-refractivity contribution in [1.82, 2.24) is 4.90 Å². The van der Waals surface area contributed by atoms with Gasteiger partial charge in [0, 0.05) is 12.4 Å². The lowest BCUT2D eigenvalue weighted by atomic mass is 10.1. The quantitative estimate of drug-likeness (QED) is 0.681. The van der Waals surface area contributed by atoms with E-state index < -0.39 is 0 Å². The van der Waals surface area contributed by atoms with Crippen molar-refractivity contribution in [3.63, 3.8) is 0 Å². The van der Waals surface area contributed by atoms with Crippen molar-refractivity contribution in [2.24, 2.45) is 0 Å². The Bertz CT molecular complexity index is 326. The molecule has 0 amide bonds. The molecule has 1 aliphatic rings. The highest BCUT2D eigenvalue weighted by Crippen LogP contribution is 2.22. The molecular weight excluding hydrogens is 170 g/mol. The lowest BCUT2D eigenvalue weighted by Crippen LogP contribution is -2.16. The van der Waals surface area contributed by atoms with Crippen LogP contribution in [0.5, 0.6) is 0 Å². The number of hydrogen-bond acceptors (Lipinski definition) is 1. The number of benzene rings is 1. The molecular formula is C13H15N. The van der Waals surface area contributed by atoms with Crippen LogP contribution in [0.1, 0.15) is 24.9 Å². The average Bonchev–Trinajstić information content (AvgIpc) is 2.30. The molecule has 1 heterocycles. The zero-order chi connectivity index (χ0) is 9.80. The van der Waals surface area contributed by atoms with Crippen LogP contribution in [0.3, 0.4) is 0 Å². The van der Waals surface area contributed by atoms with Crippen LogP contribution >= 0.6 is 0 Å². The van der Waals surface area contributed by atoms with Crippen molar-refractivity contribution in [2.45, 2.75) is 19.4 Å². The number of nitrogens with zero attached hydrogens (tertiary/aromatic N) is 1. The van der Waals surface area contributed by atoms with Gasteiger partial charge in [0.25, 0.3) is 0 Å². The van der Waals surface area contributed by atoms with Gasteiger partial charge in [-0.15, -0.1) is 0 Å². The van der Waals surface area contributed by atoms with E-state index in [1.807, 2.05) is 0 Å². The molecule has 1 atom stereocenters. The van der Waals surface area contributed by atoms with E-state index in [0.29, 0.717) is 6.04 Å². The first-order valence-corrected chi connectivity index (χ1v) is 5.03. The van der Waals surface area contributed by atoms with Crippen molar-refractivity contribution in [1.29, 1.82) is 0 Å². The van der Waals surface area contributed by atoms with Crippen molar-refractivity contribution >= 4 is 0 Å². The Morgan fingerprint density at radius 2 is 1.71 bits per heavy atom. The largest absolute Gasteiger partial charge is 0.348 e. The molecule has 1 heteroatoms. The van der Waals surface area contributed by atoms with Crippen LogP contribution < -0.4 is 0 Å². The molecule has 0 aliphatic carbocycles. The lowest BCUT2D eigenvalue weighted by molar-refractivity contribution is 0.396. The van der Waals surface area contributed by atoms with E-state index in [0.717, 1.165) is 6.42 Å². The fraction of sp³-hybridized carbons (Fsp3) is 0.231. The van der Waals surface area contributed by atoms with Gasteiger partial charge in [-0.3, -0.25) is 0 Å². The summed E-state index contributed by atoms with van der Waals surface area (Å²) >= 11 is 0. The summed E-state index contributed by atoms with van der Waals surface area (Å²) in [5, 5.41) is 0. The molecule has 0 saturated heterocycles. The van der Waals surface area contributed by atoms with Crippen LogP contribution in [0.2, 0.25) is 0 Å². The molecule has 0 spiro atoms. The van der Waals surface area contributed by atoms with Crippen LogP contribution in [-0.2, 0) is 0 Å². The zero-order valence-electron chi connectivity index (χ0n) is 8.43. The molecule has 2 rings (SSSR count). The fourth-order valence-electron chi connectivity index (χ4n) is 1.66. The summed E-state index contributed by atoms with van der Waals surface area (Å²) in [6.45, 7) is 2.22. The SMILES string of the molecule is C[C@@H](c1ccccc1)N1C=CCC=C1. The van der Waals surface area contributed by atoms with E-state index in [4.69, 9.17) is 0 Å². The first kappa shape index (κ1) is 9.07. The minimum Gasteiger partial charge on any atom is -0.348 e. The van der Waals surface area contributed by atoms with Gasteiger partial charge in [0.15, 0.2) is 0 Å². The van der Waals surface area contributed by atoms with Gasteiger partial charge in [0.1, 0.15) is 0 Å². The maximum absolute atomic E-state index is 2.23. The Kier molecular flexibility index (Phi) is 2.68. The summed E-state index contributed by atoms with van der Waals surface area (Å²) in [7, 11) is 0. The smallest absolute Gasteiger partial charge is 0.0551 e. The molecule has 0 saturated carbocycles. The van der Waals surface area contributed by atoms with Crippen molar-refractivity contribution in [3.05, 3.63) is 60.4 Å². The van der Waals surface area contributed by atoms with Crippen LogP contribution in [0, 0.1) is 0 Å². The van der Waals surface area contributed by atoms with Gasteiger partial charge >= 0.3 is 0 Å². The Balaban J connectivity index is 2.15. The minimum atomic E-state index is 0.420. The monoisotopic (exact) mass is 185 g/mol. The van der Waals surface area contributed by atoms with E-state index in [1.54, 1.807) is 0 Å². The van der Waals surface area contributed by atoms with Gasteiger partial charge in [-0.25, -0.2) is 0 Å². The maximum Gasteiger partial charge on any atom is 0.0551 e. The summed E-state index contributed by atoms with van der Waals surface area (Å²) in [5.41, 5.74) is 1.35. The first-order valence-electron chi connectivity index (χ1n) is 5.03. The second-order valence-electron chi connectivity index (χ2n) is 3.54. The summed E-state index contributed by atoms with van der Waals surface area (Å²) in [6, 6.07) is 11.0. The molecule has 0 bridgehead atoms. The van der Waals surface area contributed by atoms with Crippen molar-refractivity contribution in [3.8, 4) is 0 Å². The molecule has 0 aromatic heterocycles. The molecule has 1 nitrogen and oxygen atoms in total. The predicted molar refractivity (Wildman–Crippen MR) is 59.6 cm³/mol. The molecule has 0 N–H and O–H groups in total. The first-order chi connectivity index (χ1) is 6.88. The molecule has 0 fully saturated rings. The van der Waals surface area contributed by atoms with E-state index in [2.05, 4.69) is 66.7 Å². The highest BCUT2D eigenvalue weighted by Gasteiger charge is 2.09. The third-order valence-corrected chi connectivity index (χ3v) is 2.56. The van der Waals surface area contributed by atoms with Gasteiger partial charge in [-0.2, -0.15) is 0 Å². The highest BCUT2D eigenvalue weighted by atomic mass is 15.1. The topological polar surface area (TPSA) is 3.24 Å². The maximum atomic E-state index is 2.23. The second-order valence-corrected chi connectivity index (χ2v) is 3.54. The standard InChI is InChI=1S/C13H15N/c1-12(13-8-4-2-5-9-13)14-10-6-3-7-11-14/h2,4-12H,3H2,1H3/t12-/m0/s1. The average molecular weight is 185 g/mol. The Morgan fingerprint density at radius 1 is 1.07 bits per heavy atom. The molecule has 14 heavy (non-hydrogen) atoms. The molecule has 72 valence electrons. The number of rotatable bonds is 2. The summed E-state index contributed by atoms with van der Waals surface area (Å²) in [4.78, 5) is 2.23. The van der Waals surface area contributed by atoms with Crippen molar-refractivity contribution < 1.29 is 0 Å². The molecule has 1 aromatic rings. The van der Waals surface area contributed by atoms with Gasteiger partial charge in [0.05, 0.1) is 6.04 Å². The van der Waals surface area contributed by atoms with Crippen LogP contribution in [0.15, 0.2) is 54.9 Å². The third kappa shape index (κ3) is 1.87. The fourth-order valence-corrected chi connectivity index (χ4v) is 1.66. The van der Waals surface area contributed by atoms with Crippen molar-refractivity contribution in [2.75, 3.05) is 0 Å². The Hall–Kier alpha value is -1.50. The van der Waals surface area contributed by atoms with Crippen LogP contribution in [0.4, 0.5) is 0 Å². The number of hydrogen-bond donors (Lipinski definition) is 0. The van der Waals surface area contributed by atoms with Gasteiger partial charge in [-0.1, -0.05) is 42.5 Å². The number of allylic oxidation sites excluding steroid dienone is 2.